The van der Waals surface area contributed by atoms with Gasteiger partial charge in [-0.2, -0.15) is 0 Å². The Morgan fingerprint density at radius 1 is 1.07 bits per heavy atom. The topological polar surface area (TPSA) is 30.9 Å². The van der Waals surface area contributed by atoms with Gasteiger partial charge in [-0.3, -0.25) is 4.99 Å². The normalized spacial score (nSPS) is 21.9. The first-order valence-corrected chi connectivity index (χ1v) is 10.5. The minimum Gasteiger partial charge on any atom is -0.357 e. The lowest BCUT2D eigenvalue weighted by Crippen LogP contribution is -2.40. The van der Waals surface area contributed by atoms with Crippen molar-refractivity contribution in [2.24, 2.45) is 16.8 Å². The lowest BCUT2D eigenvalue weighted by molar-refractivity contribution is 0.214. The van der Waals surface area contributed by atoms with E-state index in [1.807, 2.05) is 0 Å². The van der Waals surface area contributed by atoms with E-state index in [0.29, 0.717) is 0 Å². The first-order valence-electron chi connectivity index (χ1n) is 10.5. The molecule has 2 saturated heterocycles. The minimum absolute atomic E-state index is 0. The molecule has 5 heteroatoms. The van der Waals surface area contributed by atoms with Gasteiger partial charge in [0.15, 0.2) is 5.96 Å². The summed E-state index contributed by atoms with van der Waals surface area (Å²) in [6.45, 7) is 8.86. The van der Waals surface area contributed by atoms with Crippen LogP contribution in [0.1, 0.15) is 38.2 Å². The maximum atomic E-state index is 4.97. The van der Waals surface area contributed by atoms with Crippen molar-refractivity contribution >= 4 is 29.9 Å². The molecule has 0 saturated carbocycles. The molecule has 4 nitrogen and oxygen atoms in total. The molecule has 1 atom stereocenters. The molecule has 0 aliphatic carbocycles. The monoisotopic (exact) mass is 484 g/mol. The van der Waals surface area contributed by atoms with Crippen LogP contribution in [0.2, 0.25) is 0 Å². The average molecular weight is 484 g/mol. The molecule has 0 spiro atoms. The van der Waals surface area contributed by atoms with Crippen molar-refractivity contribution in [3.8, 4) is 0 Å². The number of rotatable bonds is 6. The van der Waals surface area contributed by atoms with E-state index >= 15 is 0 Å². The highest BCUT2D eigenvalue weighted by atomic mass is 127. The third-order valence-corrected chi connectivity index (χ3v) is 5.92. The molecule has 2 aliphatic heterocycles. The molecule has 0 amide bonds. The molecule has 3 rings (SSSR count). The molecule has 2 fully saturated rings. The predicted octanol–water partition coefficient (Wildman–Crippen LogP) is 3.87. The van der Waals surface area contributed by atoms with Crippen LogP contribution >= 0.6 is 24.0 Å². The van der Waals surface area contributed by atoms with Crippen LogP contribution in [0.25, 0.3) is 0 Å². The van der Waals surface area contributed by atoms with Gasteiger partial charge in [0.1, 0.15) is 0 Å². The number of aliphatic imine (C=N–C) groups is 1. The molecule has 1 N–H and O–H groups in total. The van der Waals surface area contributed by atoms with Crippen LogP contribution in [0.15, 0.2) is 35.3 Å². The van der Waals surface area contributed by atoms with Gasteiger partial charge in [0.2, 0.25) is 0 Å². The van der Waals surface area contributed by atoms with E-state index in [4.69, 9.17) is 4.99 Å². The zero-order chi connectivity index (χ0) is 18.2. The molecule has 152 valence electrons. The summed E-state index contributed by atoms with van der Waals surface area (Å²) in [6, 6.07) is 10.9. The van der Waals surface area contributed by atoms with Gasteiger partial charge in [-0.1, -0.05) is 30.3 Å². The molecule has 2 heterocycles. The fourth-order valence-corrected chi connectivity index (χ4v) is 4.27. The van der Waals surface area contributed by atoms with Gasteiger partial charge >= 0.3 is 0 Å². The number of nitrogens with one attached hydrogen (secondary N) is 1. The summed E-state index contributed by atoms with van der Waals surface area (Å²) in [7, 11) is 2.23. The minimum atomic E-state index is 0. The summed E-state index contributed by atoms with van der Waals surface area (Å²) in [5.74, 6) is 2.74. The summed E-state index contributed by atoms with van der Waals surface area (Å²) >= 11 is 0. The Morgan fingerprint density at radius 3 is 2.48 bits per heavy atom. The summed E-state index contributed by atoms with van der Waals surface area (Å²) in [5, 5.41) is 3.52. The first-order chi connectivity index (χ1) is 12.7. The van der Waals surface area contributed by atoms with Gasteiger partial charge in [-0.15, -0.1) is 24.0 Å². The highest BCUT2D eigenvalue weighted by Crippen LogP contribution is 2.22. The lowest BCUT2D eigenvalue weighted by atomic mass is 9.94. The Morgan fingerprint density at radius 2 is 1.78 bits per heavy atom. The van der Waals surface area contributed by atoms with Crippen LogP contribution < -0.4 is 5.32 Å². The molecule has 1 aromatic carbocycles. The third kappa shape index (κ3) is 7.26. The Kier molecular flexibility index (Phi) is 9.90. The molecule has 0 radical (unpaired) electrons. The number of nitrogens with zero attached hydrogens (tertiary/aromatic N) is 3. The van der Waals surface area contributed by atoms with Crippen LogP contribution in [0, 0.1) is 11.8 Å². The van der Waals surface area contributed by atoms with Crippen LogP contribution in [0.5, 0.6) is 0 Å². The van der Waals surface area contributed by atoms with Crippen LogP contribution in [-0.2, 0) is 6.42 Å². The number of benzene rings is 1. The maximum absolute atomic E-state index is 4.97. The van der Waals surface area contributed by atoms with Crippen LogP contribution in [-0.4, -0.2) is 62.1 Å². The fraction of sp³-hybridized carbons (Fsp3) is 0.682. The number of hydrogen-bond donors (Lipinski definition) is 1. The molecule has 0 aromatic heterocycles. The van der Waals surface area contributed by atoms with Crippen molar-refractivity contribution in [1.29, 1.82) is 0 Å². The Labute approximate surface area is 182 Å². The Balaban J connectivity index is 0.00000261. The van der Waals surface area contributed by atoms with Gasteiger partial charge in [0, 0.05) is 26.2 Å². The van der Waals surface area contributed by atoms with Crippen molar-refractivity contribution in [1.82, 2.24) is 15.1 Å². The first kappa shape index (κ1) is 22.5. The second-order valence-electron chi connectivity index (χ2n) is 8.06. The third-order valence-electron chi connectivity index (χ3n) is 5.92. The molecule has 0 bridgehead atoms. The Hall–Kier alpha value is -0.820. The zero-order valence-corrected chi connectivity index (χ0v) is 19.4. The summed E-state index contributed by atoms with van der Waals surface area (Å²) in [6.07, 6.45) is 6.38. The quantitative estimate of drug-likeness (QED) is 0.378. The maximum Gasteiger partial charge on any atom is 0.193 e. The van der Waals surface area contributed by atoms with Gasteiger partial charge in [0.05, 0.1) is 0 Å². The summed E-state index contributed by atoms with van der Waals surface area (Å²) in [4.78, 5) is 9.89. The standard InChI is InChI=1S/C22H36N4.HI/c1-3-23-22(24-13-9-19-10-14-25(2)15-11-19)26-16-12-21(18-26)17-20-7-5-4-6-8-20;/h4-8,19,21H,3,9-18H2,1-2H3,(H,23,24);1H. The Bertz CT molecular complexity index is 555. The number of guanidine groups is 1. The number of likely N-dealkylation sites (tertiary alicyclic amines) is 2. The molecular formula is C22H37IN4. The van der Waals surface area contributed by atoms with Gasteiger partial charge in [-0.05, 0) is 76.6 Å². The highest BCUT2D eigenvalue weighted by molar-refractivity contribution is 14.0. The summed E-state index contributed by atoms with van der Waals surface area (Å²) in [5.41, 5.74) is 1.46. The van der Waals surface area contributed by atoms with Crippen LogP contribution in [0.3, 0.4) is 0 Å². The molecule has 1 aromatic rings. The zero-order valence-electron chi connectivity index (χ0n) is 17.1. The van der Waals surface area contributed by atoms with Gasteiger partial charge < -0.3 is 15.1 Å². The number of piperidine rings is 1. The van der Waals surface area contributed by atoms with E-state index in [9.17, 15) is 0 Å². The van der Waals surface area contributed by atoms with Gasteiger partial charge in [0.25, 0.3) is 0 Å². The largest absolute Gasteiger partial charge is 0.357 e. The second kappa shape index (κ2) is 11.9. The van der Waals surface area contributed by atoms with E-state index in [-0.39, 0.29) is 24.0 Å². The average Bonchev–Trinajstić information content (AvgIpc) is 3.12. The molecular weight excluding hydrogens is 447 g/mol. The van der Waals surface area contributed by atoms with Crippen molar-refractivity contribution in [3.63, 3.8) is 0 Å². The van der Waals surface area contributed by atoms with Crippen molar-refractivity contribution < 1.29 is 0 Å². The fourth-order valence-electron chi connectivity index (χ4n) is 4.27. The van der Waals surface area contributed by atoms with Crippen molar-refractivity contribution in [3.05, 3.63) is 35.9 Å². The lowest BCUT2D eigenvalue weighted by Gasteiger charge is -2.28. The smallest absolute Gasteiger partial charge is 0.193 e. The van der Waals surface area contributed by atoms with E-state index in [2.05, 4.69) is 59.4 Å². The van der Waals surface area contributed by atoms with E-state index < -0.39 is 0 Å². The van der Waals surface area contributed by atoms with Gasteiger partial charge in [-0.25, -0.2) is 0 Å². The van der Waals surface area contributed by atoms with Crippen molar-refractivity contribution in [2.75, 3.05) is 46.3 Å². The van der Waals surface area contributed by atoms with Crippen LogP contribution in [0.4, 0.5) is 0 Å². The molecule has 2 aliphatic rings. The molecule has 27 heavy (non-hydrogen) atoms. The van der Waals surface area contributed by atoms with Crippen molar-refractivity contribution in [2.45, 2.75) is 39.0 Å². The van der Waals surface area contributed by atoms with E-state index in [0.717, 1.165) is 44.0 Å². The van der Waals surface area contributed by atoms with E-state index in [1.54, 1.807) is 0 Å². The summed E-state index contributed by atoms with van der Waals surface area (Å²) < 4.78 is 0. The highest BCUT2D eigenvalue weighted by Gasteiger charge is 2.25. The SMILES string of the molecule is CCNC(=NCCC1CCN(C)CC1)N1CCC(Cc2ccccc2)C1.I. The number of halogens is 1. The number of hydrogen-bond acceptors (Lipinski definition) is 2. The van der Waals surface area contributed by atoms with E-state index in [1.165, 1.54) is 50.8 Å². The predicted molar refractivity (Wildman–Crippen MR) is 126 cm³/mol. The molecule has 1 unspecified atom stereocenters. The second-order valence-corrected chi connectivity index (χ2v) is 8.06.